The highest BCUT2D eigenvalue weighted by Gasteiger charge is 2.16. The molecule has 0 aliphatic carbocycles. The molecule has 1 fully saturated rings. The van der Waals surface area contributed by atoms with E-state index in [0.29, 0.717) is 0 Å². The van der Waals surface area contributed by atoms with E-state index in [0.717, 1.165) is 31.5 Å². The van der Waals surface area contributed by atoms with Gasteiger partial charge in [0.15, 0.2) is 0 Å². The topological polar surface area (TPSA) is 43.7 Å². The van der Waals surface area contributed by atoms with Crippen LogP contribution in [0.4, 0.5) is 5.69 Å². The number of benzene rings is 1. The normalized spacial score (nSPS) is 17.9. The minimum absolute atomic E-state index is 0.0752. The lowest BCUT2D eigenvalue weighted by atomic mass is 10.1. The van der Waals surface area contributed by atoms with Gasteiger partial charge in [-0.05, 0) is 30.5 Å². The van der Waals surface area contributed by atoms with E-state index in [2.05, 4.69) is 17.0 Å². The van der Waals surface area contributed by atoms with Crippen LogP contribution in [0.25, 0.3) is 6.08 Å². The predicted molar refractivity (Wildman–Crippen MR) is 70.0 cm³/mol. The second kappa shape index (κ2) is 5.84. The van der Waals surface area contributed by atoms with Gasteiger partial charge in [0.2, 0.25) is 0 Å². The second-order valence-corrected chi connectivity index (χ2v) is 4.39. The Morgan fingerprint density at radius 1 is 1.18 bits per heavy atom. The van der Waals surface area contributed by atoms with Crippen LogP contribution in [0.2, 0.25) is 0 Å². The third-order valence-corrected chi connectivity index (χ3v) is 3.14. The zero-order valence-corrected chi connectivity index (χ0v) is 9.92. The zero-order chi connectivity index (χ0) is 12.1. The van der Waals surface area contributed by atoms with Crippen molar-refractivity contribution in [2.45, 2.75) is 18.9 Å². The molecule has 3 nitrogen and oxygen atoms in total. The Hall–Kier alpha value is -1.32. The van der Waals surface area contributed by atoms with Gasteiger partial charge in [-0.15, -0.1) is 0 Å². The van der Waals surface area contributed by atoms with Gasteiger partial charge in [0.05, 0.1) is 12.7 Å². The van der Waals surface area contributed by atoms with Crippen molar-refractivity contribution >= 4 is 11.8 Å². The fourth-order valence-electron chi connectivity index (χ4n) is 2.11. The average Bonchev–Trinajstić information content (AvgIpc) is 2.38. The standard InChI is InChI=1S/C14H19NO2/c16-11-1-2-12-3-5-13(6-4-12)15-9-7-14(17)8-10-15/h1-6,14,16-17H,7-11H2. The van der Waals surface area contributed by atoms with E-state index in [4.69, 9.17) is 5.11 Å². The maximum atomic E-state index is 9.46. The van der Waals surface area contributed by atoms with Crippen LogP contribution in [0.5, 0.6) is 0 Å². The molecule has 0 saturated carbocycles. The van der Waals surface area contributed by atoms with Gasteiger partial charge in [-0.25, -0.2) is 0 Å². The lowest BCUT2D eigenvalue weighted by Gasteiger charge is -2.31. The van der Waals surface area contributed by atoms with Gasteiger partial charge in [-0.2, -0.15) is 0 Å². The summed E-state index contributed by atoms with van der Waals surface area (Å²) < 4.78 is 0. The van der Waals surface area contributed by atoms with Crippen molar-refractivity contribution in [3.05, 3.63) is 35.9 Å². The molecule has 0 radical (unpaired) electrons. The molecule has 1 aliphatic rings. The first-order chi connectivity index (χ1) is 8.29. The highest BCUT2D eigenvalue weighted by molar-refractivity contribution is 5.56. The average molecular weight is 233 g/mol. The molecule has 1 aromatic rings. The number of rotatable bonds is 3. The third-order valence-electron chi connectivity index (χ3n) is 3.14. The molecule has 1 heterocycles. The molecule has 0 unspecified atom stereocenters. The van der Waals surface area contributed by atoms with Crippen molar-refractivity contribution in [3.63, 3.8) is 0 Å². The Morgan fingerprint density at radius 2 is 1.82 bits per heavy atom. The molecular weight excluding hydrogens is 214 g/mol. The van der Waals surface area contributed by atoms with E-state index in [1.165, 1.54) is 5.69 Å². The van der Waals surface area contributed by atoms with Crippen LogP contribution in [-0.4, -0.2) is 36.0 Å². The van der Waals surface area contributed by atoms with Crippen LogP contribution < -0.4 is 4.90 Å². The number of hydrogen-bond acceptors (Lipinski definition) is 3. The highest BCUT2D eigenvalue weighted by atomic mass is 16.3. The molecule has 0 bridgehead atoms. The quantitative estimate of drug-likeness (QED) is 0.834. The molecule has 1 aliphatic heterocycles. The van der Waals surface area contributed by atoms with E-state index >= 15 is 0 Å². The first-order valence-corrected chi connectivity index (χ1v) is 6.10. The number of nitrogens with zero attached hydrogens (tertiary/aromatic N) is 1. The van der Waals surface area contributed by atoms with Gasteiger partial charge in [-0.1, -0.05) is 24.3 Å². The molecule has 2 N–H and O–H groups in total. The zero-order valence-electron chi connectivity index (χ0n) is 9.92. The first-order valence-electron chi connectivity index (χ1n) is 6.10. The molecular formula is C14H19NO2. The Morgan fingerprint density at radius 3 is 2.41 bits per heavy atom. The second-order valence-electron chi connectivity index (χ2n) is 4.39. The van der Waals surface area contributed by atoms with E-state index in [-0.39, 0.29) is 12.7 Å². The van der Waals surface area contributed by atoms with Crippen molar-refractivity contribution in [3.8, 4) is 0 Å². The molecule has 92 valence electrons. The Labute approximate surface area is 102 Å². The lowest BCUT2D eigenvalue weighted by molar-refractivity contribution is 0.145. The minimum atomic E-state index is -0.127. The summed E-state index contributed by atoms with van der Waals surface area (Å²) in [5, 5.41) is 18.1. The fourth-order valence-corrected chi connectivity index (χ4v) is 2.11. The number of piperidine rings is 1. The van der Waals surface area contributed by atoms with Crippen LogP contribution >= 0.6 is 0 Å². The molecule has 17 heavy (non-hydrogen) atoms. The van der Waals surface area contributed by atoms with E-state index in [9.17, 15) is 5.11 Å². The monoisotopic (exact) mass is 233 g/mol. The van der Waals surface area contributed by atoms with E-state index < -0.39 is 0 Å². The molecule has 2 rings (SSSR count). The SMILES string of the molecule is OCC=Cc1ccc(N2CCC(O)CC2)cc1. The van der Waals surface area contributed by atoms with Crippen LogP contribution in [0.15, 0.2) is 30.3 Å². The summed E-state index contributed by atoms with van der Waals surface area (Å²) >= 11 is 0. The fraction of sp³-hybridized carbons (Fsp3) is 0.429. The predicted octanol–water partition coefficient (Wildman–Crippen LogP) is 1.65. The minimum Gasteiger partial charge on any atom is -0.393 e. The van der Waals surface area contributed by atoms with Crippen molar-refractivity contribution in [1.82, 2.24) is 0 Å². The van der Waals surface area contributed by atoms with Gasteiger partial charge in [0.1, 0.15) is 0 Å². The Bertz CT molecular complexity index is 364. The summed E-state index contributed by atoms with van der Waals surface area (Å²) in [5.74, 6) is 0. The van der Waals surface area contributed by atoms with Gasteiger partial charge >= 0.3 is 0 Å². The number of anilines is 1. The van der Waals surface area contributed by atoms with Gasteiger partial charge in [0, 0.05) is 18.8 Å². The largest absolute Gasteiger partial charge is 0.393 e. The summed E-state index contributed by atoms with van der Waals surface area (Å²) in [6.07, 6.45) is 5.21. The molecule has 1 saturated heterocycles. The summed E-state index contributed by atoms with van der Waals surface area (Å²) in [4.78, 5) is 2.30. The molecule has 1 aromatic carbocycles. The highest BCUT2D eigenvalue weighted by Crippen LogP contribution is 2.20. The summed E-state index contributed by atoms with van der Waals surface area (Å²) in [7, 11) is 0. The summed E-state index contributed by atoms with van der Waals surface area (Å²) in [6, 6.07) is 8.28. The van der Waals surface area contributed by atoms with E-state index in [1.807, 2.05) is 18.2 Å². The first kappa shape index (κ1) is 12.1. The van der Waals surface area contributed by atoms with Crippen LogP contribution in [0, 0.1) is 0 Å². The molecule has 3 heteroatoms. The molecule has 0 spiro atoms. The number of aliphatic hydroxyl groups is 2. The van der Waals surface area contributed by atoms with Crippen molar-refractivity contribution in [2.75, 3.05) is 24.6 Å². The Kier molecular flexibility index (Phi) is 4.18. The summed E-state index contributed by atoms with van der Waals surface area (Å²) in [5.41, 5.74) is 2.30. The van der Waals surface area contributed by atoms with Crippen molar-refractivity contribution < 1.29 is 10.2 Å². The van der Waals surface area contributed by atoms with Crippen LogP contribution in [-0.2, 0) is 0 Å². The smallest absolute Gasteiger partial charge is 0.0615 e. The van der Waals surface area contributed by atoms with Gasteiger partial charge in [0.25, 0.3) is 0 Å². The lowest BCUT2D eigenvalue weighted by Crippen LogP contribution is -2.35. The molecule has 0 aromatic heterocycles. The number of aliphatic hydroxyl groups excluding tert-OH is 2. The Balaban J connectivity index is 2.00. The van der Waals surface area contributed by atoms with Gasteiger partial charge in [-0.3, -0.25) is 0 Å². The van der Waals surface area contributed by atoms with Crippen molar-refractivity contribution in [2.24, 2.45) is 0 Å². The van der Waals surface area contributed by atoms with Gasteiger partial charge < -0.3 is 15.1 Å². The maximum Gasteiger partial charge on any atom is 0.0615 e. The maximum absolute atomic E-state index is 9.46. The van der Waals surface area contributed by atoms with Crippen LogP contribution in [0.1, 0.15) is 18.4 Å². The molecule has 0 amide bonds. The third kappa shape index (κ3) is 3.32. The molecule has 0 atom stereocenters. The number of hydrogen-bond donors (Lipinski definition) is 2. The van der Waals surface area contributed by atoms with Crippen molar-refractivity contribution in [1.29, 1.82) is 0 Å². The van der Waals surface area contributed by atoms with E-state index in [1.54, 1.807) is 6.08 Å². The van der Waals surface area contributed by atoms with Crippen LogP contribution in [0.3, 0.4) is 0 Å². The summed E-state index contributed by atoms with van der Waals surface area (Å²) in [6.45, 7) is 1.92.